The Bertz CT molecular complexity index is 914. The van der Waals surface area contributed by atoms with Gasteiger partial charge in [0, 0.05) is 32.6 Å². The van der Waals surface area contributed by atoms with Crippen LogP contribution in [0.15, 0.2) is 59.7 Å². The summed E-state index contributed by atoms with van der Waals surface area (Å²) in [7, 11) is 3.19. The van der Waals surface area contributed by atoms with Crippen molar-refractivity contribution in [2.45, 2.75) is 19.4 Å². The van der Waals surface area contributed by atoms with Crippen LogP contribution < -0.4 is 4.74 Å². The predicted octanol–water partition coefficient (Wildman–Crippen LogP) is 2.87. The summed E-state index contributed by atoms with van der Waals surface area (Å²) in [6.45, 7) is 2.13. The van der Waals surface area contributed by atoms with Gasteiger partial charge in [-0.2, -0.15) is 5.10 Å². The van der Waals surface area contributed by atoms with E-state index in [2.05, 4.69) is 5.10 Å². The Labute approximate surface area is 176 Å². The SMILES string of the molecule is COCCN(CC(=O)N1N=C(c2cccc(OC)c2)C[C@@H]1c1ccccc1)C(C)=O. The molecule has 0 aromatic heterocycles. The van der Waals surface area contributed by atoms with Crippen molar-refractivity contribution in [3.05, 3.63) is 65.7 Å². The van der Waals surface area contributed by atoms with Gasteiger partial charge in [0.25, 0.3) is 5.91 Å². The Hall–Kier alpha value is -3.19. The maximum atomic E-state index is 13.2. The lowest BCUT2D eigenvalue weighted by atomic mass is 9.98. The number of hydrogen-bond acceptors (Lipinski definition) is 5. The van der Waals surface area contributed by atoms with E-state index in [0.29, 0.717) is 19.6 Å². The number of hydrazone groups is 1. The minimum Gasteiger partial charge on any atom is -0.497 e. The van der Waals surface area contributed by atoms with E-state index in [1.165, 1.54) is 16.8 Å². The number of amides is 2. The van der Waals surface area contributed by atoms with Gasteiger partial charge in [-0.05, 0) is 17.7 Å². The topological polar surface area (TPSA) is 71.4 Å². The van der Waals surface area contributed by atoms with Crippen LogP contribution in [0.3, 0.4) is 0 Å². The third-order valence-corrected chi connectivity index (χ3v) is 5.09. The molecule has 30 heavy (non-hydrogen) atoms. The molecule has 2 aromatic rings. The molecule has 2 aromatic carbocycles. The summed E-state index contributed by atoms with van der Waals surface area (Å²) in [5.41, 5.74) is 2.72. The van der Waals surface area contributed by atoms with E-state index >= 15 is 0 Å². The first-order valence-corrected chi connectivity index (χ1v) is 9.87. The molecule has 0 aliphatic carbocycles. The first-order chi connectivity index (χ1) is 14.5. The molecule has 0 radical (unpaired) electrons. The first kappa shape index (κ1) is 21.5. The van der Waals surface area contributed by atoms with Gasteiger partial charge >= 0.3 is 0 Å². The smallest absolute Gasteiger partial charge is 0.262 e. The third-order valence-electron chi connectivity index (χ3n) is 5.09. The fourth-order valence-electron chi connectivity index (χ4n) is 3.44. The van der Waals surface area contributed by atoms with E-state index in [1.807, 2.05) is 54.6 Å². The highest BCUT2D eigenvalue weighted by Gasteiger charge is 2.34. The number of nitrogens with zero attached hydrogens (tertiary/aromatic N) is 3. The Morgan fingerprint density at radius 1 is 1.13 bits per heavy atom. The summed E-state index contributed by atoms with van der Waals surface area (Å²) < 4.78 is 10.4. The largest absolute Gasteiger partial charge is 0.497 e. The van der Waals surface area contributed by atoms with Crippen molar-refractivity contribution >= 4 is 17.5 Å². The minimum absolute atomic E-state index is 0.0447. The third kappa shape index (κ3) is 5.04. The Morgan fingerprint density at radius 3 is 2.57 bits per heavy atom. The van der Waals surface area contributed by atoms with Crippen LogP contribution in [-0.4, -0.2) is 61.4 Å². The summed E-state index contributed by atoms with van der Waals surface area (Å²) in [6, 6.07) is 17.2. The number of ether oxygens (including phenoxy) is 2. The molecule has 2 amide bonds. The van der Waals surface area contributed by atoms with Gasteiger partial charge in [-0.25, -0.2) is 5.01 Å². The van der Waals surface area contributed by atoms with Crippen LogP contribution in [0, 0.1) is 0 Å². The fraction of sp³-hybridized carbons (Fsp3) is 0.348. The van der Waals surface area contributed by atoms with Gasteiger partial charge < -0.3 is 14.4 Å². The van der Waals surface area contributed by atoms with Crippen LogP contribution in [0.4, 0.5) is 0 Å². The summed E-state index contributed by atoms with van der Waals surface area (Å²) in [4.78, 5) is 26.6. The zero-order chi connectivity index (χ0) is 21.5. The van der Waals surface area contributed by atoms with Crippen molar-refractivity contribution in [2.75, 3.05) is 33.9 Å². The Kier molecular flexibility index (Phi) is 7.19. The molecule has 7 nitrogen and oxygen atoms in total. The van der Waals surface area contributed by atoms with E-state index in [4.69, 9.17) is 9.47 Å². The number of hydrogen-bond donors (Lipinski definition) is 0. The minimum atomic E-state index is -0.229. The molecule has 0 fully saturated rings. The van der Waals surface area contributed by atoms with Gasteiger partial charge in [0.2, 0.25) is 5.91 Å². The van der Waals surface area contributed by atoms with Crippen LogP contribution in [0.5, 0.6) is 5.75 Å². The van der Waals surface area contributed by atoms with E-state index in [-0.39, 0.29) is 24.4 Å². The molecule has 0 unspecified atom stereocenters. The molecule has 0 saturated heterocycles. The second kappa shape index (κ2) is 10.0. The normalized spacial score (nSPS) is 15.6. The fourth-order valence-corrected chi connectivity index (χ4v) is 3.44. The van der Waals surface area contributed by atoms with Crippen molar-refractivity contribution in [3.63, 3.8) is 0 Å². The number of carbonyl (C=O) groups is 2. The van der Waals surface area contributed by atoms with Crippen LogP contribution in [-0.2, 0) is 14.3 Å². The van der Waals surface area contributed by atoms with Crippen molar-refractivity contribution in [1.82, 2.24) is 9.91 Å². The molecular weight excluding hydrogens is 382 g/mol. The second-order valence-electron chi connectivity index (χ2n) is 7.08. The van der Waals surface area contributed by atoms with E-state index in [0.717, 1.165) is 22.6 Å². The molecule has 0 spiro atoms. The van der Waals surface area contributed by atoms with Crippen LogP contribution in [0.2, 0.25) is 0 Å². The van der Waals surface area contributed by atoms with Crippen LogP contribution in [0.25, 0.3) is 0 Å². The molecule has 1 aliphatic heterocycles. The maximum absolute atomic E-state index is 13.2. The van der Waals surface area contributed by atoms with Gasteiger partial charge in [0.15, 0.2) is 0 Å². The zero-order valence-corrected chi connectivity index (χ0v) is 17.6. The average molecular weight is 409 g/mol. The standard InChI is InChI=1S/C23H27N3O4/c1-17(27)25(12-13-29-2)16-23(28)26-22(18-8-5-4-6-9-18)15-21(24-26)19-10-7-11-20(14-19)30-3/h4-11,14,22H,12-13,15-16H2,1-3H3/t22-/m1/s1. The molecule has 158 valence electrons. The molecule has 0 saturated carbocycles. The summed E-state index contributed by atoms with van der Waals surface area (Å²) >= 11 is 0. The van der Waals surface area contributed by atoms with Crippen molar-refractivity contribution in [2.24, 2.45) is 5.10 Å². The first-order valence-electron chi connectivity index (χ1n) is 9.87. The summed E-state index contributed by atoms with van der Waals surface area (Å²) in [5, 5.41) is 6.17. The lowest BCUT2D eigenvalue weighted by molar-refractivity contribution is -0.141. The van der Waals surface area contributed by atoms with Crippen LogP contribution in [0.1, 0.15) is 30.5 Å². The van der Waals surface area contributed by atoms with Gasteiger partial charge in [0.05, 0.1) is 25.5 Å². The maximum Gasteiger partial charge on any atom is 0.262 e. The highest BCUT2D eigenvalue weighted by Crippen LogP contribution is 2.33. The van der Waals surface area contributed by atoms with Crippen LogP contribution >= 0.6 is 0 Å². The van der Waals surface area contributed by atoms with E-state index in [9.17, 15) is 9.59 Å². The van der Waals surface area contributed by atoms with E-state index < -0.39 is 0 Å². The monoisotopic (exact) mass is 409 g/mol. The highest BCUT2D eigenvalue weighted by molar-refractivity contribution is 6.03. The molecule has 1 atom stereocenters. The van der Waals surface area contributed by atoms with Crippen molar-refractivity contribution in [1.29, 1.82) is 0 Å². The predicted molar refractivity (Wildman–Crippen MR) is 114 cm³/mol. The van der Waals surface area contributed by atoms with Gasteiger partial charge in [-0.1, -0.05) is 42.5 Å². The molecule has 1 heterocycles. The second-order valence-corrected chi connectivity index (χ2v) is 7.08. The zero-order valence-electron chi connectivity index (χ0n) is 17.6. The lowest BCUT2D eigenvalue weighted by Gasteiger charge is -2.26. The lowest BCUT2D eigenvalue weighted by Crippen LogP contribution is -2.41. The molecule has 7 heteroatoms. The Balaban J connectivity index is 1.88. The number of benzene rings is 2. The average Bonchev–Trinajstić information content (AvgIpc) is 3.22. The highest BCUT2D eigenvalue weighted by atomic mass is 16.5. The van der Waals surface area contributed by atoms with Crippen molar-refractivity contribution < 1.29 is 19.1 Å². The molecule has 3 rings (SSSR count). The van der Waals surface area contributed by atoms with Crippen molar-refractivity contribution in [3.8, 4) is 5.75 Å². The molecule has 0 N–H and O–H groups in total. The van der Waals surface area contributed by atoms with Gasteiger partial charge in [-0.15, -0.1) is 0 Å². The summed E-state index contributed by atoms with van der Waals surface area (Å²) in [5.74, 6) is 0.333. The quantitative estimate of drug-likeness (QED) is 0.672. The summed E-state index contributed by atoms with van der Waals surface area (Å²) in [6.07, 6.45) is 0.584. The van der Waals surface area contributed by atoms with Gasteiger partial charge in [-0.3, -0.25) is 9.59 Å². The Morgan fingerprint density at radius 2 is 1.90 bits per heavy atom. The number of rotatable bonds is 8. The van der Waals surface area contributed by atoms with E-state index in [1.54, 1.807) is 14.2 Å². The number of methoxy groups -OCH3 is 2. The molecule has 1 aliphatic rings. The molecular formula is C23H27N3O4. The van der Waals surface area contributed by atoms with Gasteiger partial charge in [0.1, 0.15) is 12.3 Å². The molecule has 0 bridgehead atoms. The number of carbonyl (C=O) groups excluding carboxylic acids is 2.